The number of nitro groups is 1. The second-order valence-electron chi connectivity index (χ2n) is 4.31. The lowest BCUT2D eigenvalue weighted by Gasteiger charge is -2.17. The van der Waals surface area contributed by atoms with E-state index >= 15 is 0 Å². The van der Waals surface area contributed by atoms with E-state index in [9.17, 15) is 19.7 Å². The minimum Gasteiger partial charge on any atom is -0.481 e. The van der Waals surface area contributed by atoms with E-state index in [0.29, 0.717) is 12.1 Å². The second-order valence-corrected chi connectivity index (χ2v) is 4.31. The summed E-state index contributed by atoms with van der Waals surface area (Å²) in [6, 6.07) is 1.18. The van der Waals surface area contributed by atoms with Gasteiger partial charge in [0.05, 0.1) is 16.2 Å². The molecule has 1 heterocycles. The van der Waals surface area contributed by atoms with Crippen LogP contribution in [0.3, 0.4) is 0 Å². The second kappa shape index (κ2) is 6.60. The van der Waals surface area contributed by atoms with Crippen LogP contribution in [0.2, 0.25) is 0 Å². The Kier molecular flexibility index (Phi) is 5.13. The average Bonchev–Trinajstić information content (AvgIpc) is 2.37. The molecule has 0 unspecified atom stereocenters. The summed E-state index contributed by atoms with van der Waals surface area (Å²) >= 11 is 0. The van der Waals surface area contributed by atoms with Crippen molar-refractivity contribution in [2.45, 2.75) is 19.8 Å². The van der Waals surface area contributed by atoms with Gasteiger partial charge in [0.15, 0.2) is 0 Å². The van der Waals surface area contributed by atoms with Crippen LogP contribution in [0.15, 0.2) is 12.3 Å². The number of aryl methyl sites for hydroxylation is 1. The Labute approximate surface area is 115 Å². The molecule has 0 aliphatic heterocycles. The number of rotatable bonds is 6. The highest BCUT2D eigenvalue weighted by molar-refractivity contribution is 5.95. The molecule has 0 bridgehead atoms. The lowest BCUT2D eigenvalue weighted by atomic mass is 10.1. The van der Waals surface area contributed by atoms with Gasteiger partial charge >= 0.3 is 5.97 Å². The van der Waals surface area contributed by atoms with Gasteiger partial charge in [0.2, 0.25) is 0 Å². The molecule has 0 saturated carbocycles. The normalized spacial score (nSPS) is 10.1. The Morgan fingerprint density at radius 2 is 2.15 bits per heavy atom. The van der Waals surface area contributed by atoms with E-state index in [1.807, 2.05) is 0 Å². The number of carboxylic acid groups (broad SMARTS) is 1. The van der Waals surface area contributed by atoms with Crippen molar-refractivity contribution < 1.29 is 19.6 Å². The van der Waals surface area contributed by atoms with Gasteiger partial charge in [0.25, 0.3) is 11.6 Å². The number of aliphatic carboxylic acids is 1. The molecule has 0 atom stereocenters. The van der Waals surface area contributed by atoms with Gasteiger partial charge in [0, 0.05) is 26.1 Å². The van der Waals surface area contributed by atoms with Crippen LogP contribution >= 0.6 is 0 Å². The molecule has 0 saturated heterocycles. The highest BCUT2D eigenvalue weighted by Gasteiger charge is 2.19. The summed E-state index contributed by atoms with van der Waals surface area (Å²) in [5, 5.41) is 19.2. The van der Waals surface area contributed by atoms with Crippen LogP contribution in [-0.2, 0) is 4.79 Å². The summed E-state index contributed by atoms with van der Waals surface area (Å²) in [5.74, 6) is -1.34. The minimum absolute atomic E-state index is 0.0379. The van der Waals surface area contributed by atoms with Crippen molar-refractivity contribution in [1.82, 2.24) is 9.88 Å². The summed E-state index contributed by atoms with van der Waals surface area (Å²) in [7, 11) is 1.52. The molecule has 1 amide bonds. The zero-order valence-corrected chi connectivity index (χ0v) is 11.2. The SMILES string of the molecule is Cc1ncc([N+](=O)[O-])cc1C(=O)N(C)CCCC(=O)O. The molecule has 1 rings (SSSR count). The number of carboxylic acids is 1. The monoisotopic (exact) mass is 281 g/mol. The molecular formula is C12H15N3O5. The zero-order chi connectivity index (χ0) is 15.3. The maximum absolute atomic E-state index is 12.1. The number of carbonyl (C=O) groups excluding carboxylic acids is 1. The molecule has 0 aliphatic carbocycles. The van der Waals surface area contributed by atoms with Crippen LogP contribution < -0.4 is 0 Å². The Balaban J connectivity index is 2.82. The Bertz CT molecular complexity index is 544. The van der Waals surface area contributed by atoms with E-state index in [4.69, 9.17) is 5.11 Å². The van der Waals surface area contributed by atoms with E-state index in [0.717, 1.165) is 6.20 Å². The minimum atomic E-state index is -0.931. The maximum Gasteiger partial charge on any atom is 0.303 e. The molecule has 1 N–H and O–H groups in total. The quantitative estimate of drug-likeness (QED) is 0.619. The molecule has 1 aromatic heterocycles. The van der Waals surface area contributed by atoms with Gasteiger partial charge in [0.1, 0.15) is 6.20 Å². The molecular weight excluding hydrogens is 266 g/mol. The number of hydrogen-bond acceptors (Lipinski definition) is 5. The molecule has 0 fully saturated rings. The van der Waals surface area contributed by atoms with Crippen molar-refractivity contribution >= 4 is 17.6 Å². The third-order valence-electron chi connectivity index (χ3n) is 2.74. The van der Waals surface area contributed by atoms with Crippen LogP contribution in [0.1, 0.15) is 28.9 Å². The topological polar surface area (TPSA) is 114 Å². The third kappa shape index (κ3) is 4.01. The predicted molar refractivity (Wildman–Crippen MR) is 69.5 cm³/mol. The van der Waals surface area contributed by atoms with E-state index < -0.39 is 16.8 Å². The van der Waals surface area contributed by atoms with Crippen molar-refractivity contribution in [1.29, 1.82) is 0 Å². The first-order valence-electron chi connectivity index (χ1n) is 5.91. The van der Waals surface area contributed by atoms with Crippen molar-refractivity contribution in [3.8, 4) is 0 Å². The smallest absolute Gasteiger partial charge is 0.303 e. The van der Waals surface area contributed by atoms with Crippen molar-refractivity contribution in [2.24, 2.45) is 0 Å². The summed E-state index contributed by atoms with van der Waals surface area (Å²) in [4.78, 5) is 37.8. The van der Waals surface area contributed by atoms with Crippen LogP contribution in [0, 0.1) is 17.0 Å². The van der Waals surface area contributed by atoms with Gasteiger partial charge < -0.3 is 10.0 Å². The average molecular weight is 281 g/mol. The lowest BCUT2D eigenvalue weighted by Crippen LogP contribution is -2.29. The number of amides is 1. The summed E-state index contributed by atoms with van der Waals surface area (Å²) in [6.45, 7) is 1.84. The summed E-state index contributed by atoms with van der Waals surface area (Å²) in [6.07, 6.45) is 1.37. The van der Waals surface area contributed by atoms with E-state index in [-0.39, 0.29) is 24.2 Å². The van der Waals surface area contributed by atoms with Gasteiger partial charge in [-0.3, -0.25) is 24.7 Å². The van der Waals surface area contributed by atoms with Crippen LogP contribution in [-0.4, -0.2) is 45.4 Å². The number of hydrogen-bond donors (Lipinski definition) is 1. The number of nitrogens with zero attached hydrogens (tertiary/aromatic N) is 3. The predicted octanol–water partition coefficient (Wildman–Crippen LogP) is 1.24. The molecule has 0 radical (unpaired) electrons. The molecule has 108 valence electrons. The van der Waals surface area contributed by atoms with Crippen molar-refractivity contribution in [2.75, 3.05) is 13.6 Å². The number of pyridine rings is 1. The van der Waals surface area contributed by atoms with Gasteiger partial charge in [-0.05, 0) is 13.3 Å². The molecule has 8 nitrogen and oxygen atoms in total. The summed E-state index contributed by atoms with van der Waals surface area (Å²) < 4.78 is 0. The Hall–Kier alpha value is -2.51. The fraction of sp³-hybridized carbons (Fsp3) is 0.417. The highest BCUT2D eigenvalue weighted by atomic mass is 16.6. The first-order chi connectivity index (χ1) is 9.32. The highest BCUT2D eigenvalue weighted by Crippen LogP contribution is 2.16. The first-order valence-corrected chi connectivity index (χ1v) is 5.91. The van der Waals surface area contributed by atoms with E-state index in [2.05, 4.69) is 4.98 Å². The Morgan fingerprint density at radius 3 is 2.70 bits per heavy atom. The van der Waals surface area contributed by atoms with Crippen LogP contribution in [0.25, 0.3) is 0 Å². The van der Waals surface area contributed by atoms with Crippen molar-refractivity contribution in [3.05, 3.63) is 33.6 Å². The number of carbonyl (C=O) groups is 2. The standard InChI is InChI=1S/C12H15N3O5/c1-8-10(6-9(7-13-8)15(19)20)12(18)14(2)5-3-4-11(16)17/h6-7H,3-5H2,1-2H3,(H,16,17). The Morgan fingerprint density at radius 1 is 1.50 bits per heavy atom. The van der Waals surface area contributed by atoms with Crippen molar-refractivity contribution in [3.63, 3.8) is 0 Å². The van der Waals surface area contributed by atoms with E-state index in [1.165, 1.54) is 18.0 Å². The third-order valence-corrected chi connectivity index (χ3v) is 2.74. The fourth-order valence-corrected chi connectivity index (χ4v) is 1.61. The zero-order valence-electron chi connectivity index (χ0n) is 11.2. The molecule has 0 aliphatic rings. The fourth-order valence-electron chi connectivity index (χ4n) is 1.61. The van der Waals surface area contributed by atoms with E-state index in [1.54, 1.807) is 6.92 Å². The largest absolute Gasteiger partial charge is 0.481 e. The van der Waals surface area contributed by atoms with Crippen LogP contribution in [0.5, 0.6) is 0 Å². The van der Waals surface area contributed by atoms with Gasteiger partial charge in [-0.25, -0.2) is 0 Å². The lowest BCUT2D eigenvalue weighted by molar-refractivity contribution is -0.385. The van der Waals surface area contributed by atoms with Crippen LogP contribution in [0.4, 0.5) is 5.69 Å². The van der Waals surface area contributed by atoms with Gasteiger partial charge in [-0.2, -0.15) is 0 Å². The van der Waals surface area contributed by atoms with Gasteiger partial charge in [-0.1, -0.05) is 0 Å². The van der Waals surface area contributed by atoms with Gasteiger partial charge in [-0.15, -0.1) is 0 Å². The first kappa shape index (κ1) is 15.5. The molecule has 0 spiro atoms. The maximum atomic E-state index is 12.1. The molecule has 8 heteroatoms. The summed E-state index contributed by atoms with van der Waals surface area (Å²) in [5.41, 5.74) is 0.292. The number of aromatic nitrogens is 1. The molecule has 1 aromatic rings. The molecule has 20 heavy (non-hydrogen) atoms. The molecule has 0 aromatic carbocycles.